The molecule has 0 aromatic heterocycles. The van der Waals surface area contributed by atoms with E-state index in [0.717, 1.165) is 54.5 Å². The van der Waals surface area contributed by atoms with Crippen LogP contribution in [0.2, 0.25) is 0 Å². The Morgan fingerprint density at radius 3 is 2.22 bits per heavy atom. The van der Waals surface area contributed by atoms with Gasteiger partial charge in [-0.15, -0.1) is 0 Å². The van der Waals surface area contributed by atoms with Crippen LogP contribution in [0.15, 0.2) is 25.3 Å². The number of hydrogen-bond donors (Lipinski definition) is 3. The van der Waals surface area contributed by atoms with Crippen molar-refractivity contribution in [2.45, 2.75) is 32.4 Å². The summed E-state index contributed by atoms with van der Waals surface area (Å²) in [6.07, 6.45) is 5.43. The third-order valence-electron chi connectivity index (χ3n) is 4.97. The number of carbonyl (C=O) groups is 1. The molecule has 1 amide bonds. The second kappa shape index (κ2) is 13.0. The maximum Gasteiger partial charge on any atom is 0.243 e. The fourth-order valence-corrected chi connectivity index (χ4v) is 3.34. The molecule has 0 aliphatic heterocycles. The standard InChI is InChI=1S/C21H43N4O2/c1-8-20(26)22-13-10-15-24(4,5)17-12-19(3)18-25(6,7)16-11-14-23-21(27)9-2/h8-9,19-20,22,26H,1-2,10-18H2,3-7H3/q+1/p+1. The molecule has 0 aliphatic carbocycles. The van der Waals surface area contributed by atoms with Crippen LogP contribution in [0.3, 0.4) is 0 Å². The Bertz CT molecular complexity index is 449. The first-order valence-electron chi connectivity index (χ1n) is 10.1. The number of rotatable bonds is 16. The van der Waals surface area contributed by atoms with Gasteiger partial charge in [-0.3, -0.25) is 10.1 Å². The van der Waals surface area contributed by atoms with Gasteiger partial charge in [0.2, 0.25) is 5.91 Å². The molecule has 3 N–H and O–H groups in total. The first kappa shape index (κ1) is 25.8. The molecule has 27 heavy (non-hydrogen) atoms. The lowest BCUT2D eigenvalue weighted by molar-refractivity contribution is -0.899. The van der Waals surface area contributed by atoms with E-state index in [4.69, 9.17) is 0 Å². The fourth-order valence-electron chi connectivity index (χ4n) is 3.34. The van der Waals surface area contributed by atoms with Gasteiger partial charge in [-0.2, -0.15) is 0 Å². The Labute approximate surface area is 167 Å². The molecule has 0 aliphatic rings. The topological polar surface area (TPSA) is 61.4 Å². The first-order valence-corrected chi connectivity index (χ1v) is 10.1. The number of quaternary nitrogens is 2. The van der Waals surface area contributed by atoms with Crippen LogP contribution in [0.4, 0.5) is 0 Å². The van der Waals surface area contributed by atoms with Gasteiger partial charge in [0.25, 0.3) is 0 Å². The lowest BCUT2D eigenvalue weighted by Crippen LogP contribution is -2.47. The van der Waals surface area contributed by atoms with Crippen molar-refractivity contribution in [1.82, 2.24) is 10.6 Å². The molecule has 0 spiro atoms. The van der Waals surface area contributed by atoms with Crippen molar-refractivity contribution in [1.29, 1.82) is 0 Å². The smallest absolute Gasteiger partial charge is 0.243 e. The molecule has 0 radical (unpaired) electrons. The van der Waals surface area contributed by atoms with Gasteiger partial charge in [0.15, 0.2) is 0 Å². The molecule has 0 heterocycles. The number of nitrogens with one attached hydrogen (secondary N) is 2. The summed E-state index contributed by atoms with van der Waals surface area (Å²) in [5.74, 6) is 0.559. The molecule has 158 valence electrons. The number of hydrogen-bond acceptors (Lipinski definition) is 3. The van der Waals surface area contributed by atoms with Gasteiger partial charge in [-0.1, -0.05) is 20.1 Å². The Kier molecular flexibility index (Phi) is 12.5. The zero-order chi connectivity index (χ0) is 20.9. The van der Waals surface area contributed by atoms with Crippen LogP contribution >= 0.6 is 0 Å². The minimum atomic E-state index is -0.606. The van der Waals surface area contributed by atoms with E-state index in [1.165, 1.54) is 18.6 Å². The quantitative estimate of drug-likeness (QED) is 0.124. The van der Waals surface area contributed by atoms with Crippen molar-refractivity contribution in [2.75, 3.05) is 67.5 Å². The van der Waals surface area contributed by atoms with E-state index in [2.05, 4.69) is 58.9 Å². The zero-order valence-electron chi connectivity index (χ0n) is 18.3. The number of nitrogens with zero attached hydrogens (tertiary/aromatic N) is 2. The van der Waals surface area contributed by atoms with Crippen LogP contribution in [-0.2, 0) is 4.79 Å². The Balaban J connectivity index is 4.05. The second-order valence-corrected chi connectivity index (χ2v) is 8.96. The Morgan fingerprint density at radius 1 is 1.04 bits per heavy atom. The van der Waals surface area contributed by atoms with Crippen molar-refractivity contribution in [3.63, 3.8) is 0 Å². The highest BCUT2D eigenvalue weighted by atomic mass is 16.3. The zero-order valence-corrected chi connectivity index (χ0v) is 18.3. The molecule has 6 heteroatoms. The fraction of sp³-hybridized carbons (Fsp3) is 0.762. The van der Waals surface area contributed by atoms with Crippen LogP contribution in [0.1, 0.15) is 26.2 Å². The van der Waals surface area contributed by atoms with Crippen molar-refractivity contribution < 1.29 is 18.9 Å². The van der Waals surface area contributed by atoms with Crippen molar-refractivity contribution in [3.05, 3.63) is 25.3 Å². The van der Waals surface area contributed by atoms with Crippen molar-refractivity contribution in [2.24, 2.45) is 5.92 Å². The van der Waals surface area contributed by atoms with Crippen LogP contribution in [0.5, 0.6) is 0 Å². The average molecular weight is 385 g/mol. The summed E-state index contributed by atoms with van der Waals surface area (Å²) in [5.41, 5.74) is 0. The number of amides is 1. The highest BCUT2D eigenvalue weighted by Gasteiger charge is 2.22. The minimum absolute atomic E-state index is 0.0946. The SMILES string of the molecule is C=CC(=O)NCCC[N+](C)(C)CC(C)CC[N+](C)(C)CCCNC(O)C=C. The molecular formula is C21H44N4O2+2. The molecule has 6 nitrogen and oxygen atoms in total. The molecule has 0 aromatic rings. The molecule has 0 saturated heterocycles. The van der Waals surface area contributed by atoms with Gasteiger partial charge in [0, 0.05) is 38.3 Å². The lowest BCUT2D eigenvalue weighted by Gasteiger charge is -2.35. The van der Waals surface area contributed by atoms with E-state index >= 15 is 0 Å². The average Bonchev–Trinajstić information content (AvgIpc) is 2.60. The van der Waals surface area contributed by atoms with Gasteiger partial charge in [-0.25, -0.2) is 0 Å². The predicted molar refractivity (Wildman–Crippen MR) is 114 cm³/mol. The van der Waals surface area contributed by atoms with Gasteiger partial charge >= 0.3 is 0 Å². The van der Waals surface area contributed by atoms with E-state index in [-0.39, 0.29) is 5.91 Å². The predicted octanol–water partition coefficient (Wildman–Crippen LogP) is 1.34. The summed E-state index contributed by atoms with van der Waals surface area (Å²) < 4.78 is 1.97. The summed E-state index contributed by atoms with van der Waals surface area (Å²) in [6, 6.07) is 0. The molecule has 0 aromatic carbocycles. The molecule has 0 saturated carbocycles. The van der Waals surface area contributed by atoms with E-state index < -0.39 is 6.23 Å². The molecule has 0 rings (SSSR count). The van der Waals surface area contributed by atoms with E-state index in [9.17, 15) is 9.90 Å². The third-order valence-corrected chi connectivity index (χ3v) is 4.97. The largest absolute Gasteiger partial charge is 0.375 e. The molecular weight excluding hydrogens is 340 g/mol. The van der Waals surface area contributed by atoms with Crippen LogP contribution in [0, 0.1) is 5.92 Å². The van der Waals surface area contributed by atoms with E-state index in [0.29, 0.717) is 12.5 Å². The Morgan fingerprint density at radius 2 is 1.63 bits per heavy atom. The van der Waals surface area contributed by atoms with E-state index in [1.54, 1.807) is 0 Å². The molecule has 0 bridgehead atoms. The van der Waals surface area contributed by atoms with Gasteiger partial charge in [-0.05, 0) is 12.2 Å². The van der Waals surface area contributed by atoms with Crippen molar-refractivity contribution >= 4 is 5.91 Å². The number of aliphatic hydroxyl groups excluding tert-OH is 1. The van der Waals surface area contributed by atoms with Crippen molar-refractivity contribution in [3.8, 4) is 0 Å². The summed E-state index contributed by atoms with van der Waals surface area (Å²) in [6.45, 7) is 15.3. The summed E-state index contributed by atoms with van der Waals surface area (Å²) in [4.78, 5) is 11.2. The monoisotopic (exact) mass is 384 g/mol. The van der Waals surface area contributed by atoms with Gasteiger partial charge in [0.05, 0.1) is 54.4 Å². The Hall–Kier alpha value is -1.21. The number of carbonyl (C=O) groups excluding carboxylic acids is 1. The highest BCUT2D eigenvalue weighted by molar-refractivity contribution is 5.86. The van der Waals surface area contributed by atoms with Crippen LogP contribution < -0.4 is 10.6 Å². The normalized spacial score (nSPS) is 14.4. The number of aliphatic hydroxyl groups is 1. The van der Waals surface area contributed by atoms with Gasteiger partial charge in [0.1, 0.15) is 6.23 Å². The molecule has 2 unspecified atom stereocenters. The molecule has 2 atom stereocenters. The summed E-state index contributed by atoms with van der Waals surface area (Å²) in [5, 5.41) is 15.3. The highest BCUT2D eigenvalue weighted by Crippen LogP contribution is 2.13. The molecule has 0 fully saturated rings. The maximum absolute atomic E-state index is 11.2. The lowest BCUT2D eigenvalue weighted by atomic mass is 10.1. The van der Waals surface area contributed by atoms with E-state index in [1.807, 2.05) is 0 Å². The van der Waals surface area contributed by atoms with Crippen LogP contribution in [0.25, 0.3) is 0 Å². The summed E-state index contributed by atoms with van der Waals surface area (Å²) in [7, 11) is 9.09. The third kappa shape index (κ3) is 14.5. The maximum atomic E-state index is 11.2. The summed E-state index contributed by atoms with van der Waals surface area (Å²) >= 11 is 0. The first-order chi connectivity index (χ1) is 12.5. The van der Waals surface area contributed by atoms with Gasteiger partial charge < -0.3 is 19.4 Å². The van der Waals surface area contributed by atoms with Crippen LogP contribution in [-0.4, -0.2) is 93.7 Å². The second-order valence-electron chi connectivity index (χ2n) is 8.96. The minimum Gasteiger partial charge on any atom is -0.375 e.